The molecule has 2 N–H and O–H groups in total. The molecular formula is C14H19N3O2S. The standard InChI is InChI=1S/C14H19N3O2S/c1-3-4-12-5-7-13(8-6-12)20(18,19)17-11(2)14-15-9-10-16-14/h5-11,17H,3-4H2,1-2H3,(H,15,16). The maximum absolute atomic E-state index is 12.3. The van der Waals surface area contributed by atoms with Gasteiger partial charge in [-0.25, -0.2) is 18.1 Å². The van der Waals surface area contributed by atoms with Gasteiger partial charge in [-0.2, -0.15) is 0 Å². The first kappa shape index (κ1) is 14.7. The number of aromatic nitrogens is 2. The molecule has 5 nitrogen and oxygen atoms in total. The van der Waals surface area contributed by atoms with Gasteiger partial charge in [0, 0.05) is 12.4 Å². The van der Waals surface area contributed by atoms with Crippen LogP contribution in [-0.2, 0) is 16.4 Å². The highest BCUT2D eigenvalue weighted by Crippen LogP contribution is 2.15. The van der Waals surface area contributed by atoms with Crippen LogP contribution >= 0.6 is 0 Å². The van der Waals surface area contributed by atoms with Gasteiger partial charge in [-0.1, -0.05) is 25.5 Å². The van der Waals surface area contributed by atoms with Crippen LogP contribution in [0.2, 0.25) is 0 Å². The number of hydrogen-bond donors (Lipinski definition) is 2. The smallest absolute Gasteiger partial charge is 0.241 e. The fourth-order valence-corrected chi connectivity index (χ4v) is 3.20. The van der Waals surface area contributed by atoms with Crippen LogP contribution in [0.4, 0.5) is 0 Å². The fraction of sp³-hybridized carbons (Fsp3) is 0.357. The normalized spacial score (nSPS) is 13.3. The van der Waals surface area contributed by atoms with Gasteiger partial charge in [0.1, 0.15) is 5.82 Å². The molecule has 6 heteroatoms. The van der Waals surface area contributed by atoms with Gasteiger partial charge in [-0.05, 0) is 31.0 Å². The number of sulfonamides is 1. The number of H-pyrrole nitrogens is 1. The molecule has 1 aromatic carbocycles. The highest BCUT2D eigenvalue weighted by Gasteiger charge is 2.19. The minimum absolute atomic E-state index is 0.274. The summed E-state index contributed by atoms with van der Waals surface area (Å²) in [4.78, 5) is 7.22. The van der Waals surface area contributed by atoms with Gasteiger partial charge < -0.3 is 4.98 Å². The quantitative estimate of drug-likeness (QED) is 0.858. The second kappa shape index (κ2) is 6.19. The molecule has 0 fully saturated rings. The van der Waals surface area contributed by atoms with Crippen LogP contribution in [0.15, 0.2) is 41.6 Å². The van der Waals surface area contributed by atoms with Crippen molar-refractivity contribution in [2.45, 2.75) is 37.6 Å². The third-order valence-corrected chi connectivity index (χ3v) is 4.59. The first-order valence-electron chi connectivity index (χ1n) is 6.63. The number of hydrogen-bond acceptors (Lipinski definition) is 3. The highest BCUT2D eigenvalue weighted by atomic mass is 32.2. The average molecular weight is 293 g/mol. The van der Waals surface area contributed by atoms with Gasteiger partial charge in [-0.3, -0.25) is 0 Å². The third-order valence-electron chi connectivity index (χ3n) is 3.03. The summed E-state index contributed by atoms with van der Waals surface area (Å²) in [6.45, 7) is 3.85. The lowest BCUT2D eigenvalue weighted by Crippen LogP contribution is -2.27. The number of rotatable bonds is 6. The first-order valence-corrected chi connectivity index (χ1v) is 8.12. The maximum Gasteiger partial charge on any atom is 0.241 e. The molecule has 2 rings (SSSR count). The predicted octanol–water partition coefficient (Wildman–Crippen LogP) is 2.40. The monoisotopic (exact) mass is 293 g/mol. The van der Waals surface area contributed by atoms with E-state index in [0.717, 1.165) is 18.4 Å². The summed E-state index contributed by atoms with van der Waals surface area (Å²) in [5.41, 5.74) is 1.14. The van der Waals surface area contributed by atoms with E-state index in [9.17, 15) is 8.42 Å². The molecule has 0 aliphatic rings. The number of nitrogens with one attached hydrogen (secondary N) is 2. The summed E-state index contributed by atoms with van der Waals surface area (Å²) in [6, 6.07) is 6.60. The molecular weight excluding hydrogens is 274 g/mol. The van der Waals surface area contributed by atoms with Crippen molar-refractivity contribution in [1.82, 2.24) is 14.7 Å². The molecule has 0 spiro atoms. The number of aromatic amines is 1. The Morgan fingerprint density at radius 3 is 2.55 bits per heavy atom. The molecule has 2 aromatic rings. The molecule has 0 amide bonds. The van der Waals surface area contributed by atoms with E-state index in [1.807, 2.05) is 12.1 Å². The van der Waals surface area contributed by atoms with Crippen LogP contribution in [0.3, 0.4) is 0 Å². The van der Waals surface area contributed by atoms with Crippen molar-refractivity contribution in [3.8, 4) is 0 Å². The summed E-state index contributed by atoms with van der Waals surface area (Å²) >= 11 is 0. The van der Waals surface area contributed by atoms with Crippen molar-refractivity contribution in [3.05, 3.63) is 48.0 Å². The maximum atomic E-state index is 12.3. The van der Waals surface area contributed by atoms with Gasteiger partial charge in [0.2, 0.25) is 10.0 Å². The van der Waals surface area contributed by atoms with E-state index in [0.29, 0.717) is 5.82 Å². The van der Waals surface area contributed by atoms with E-state index in [4.69, 9.17) is 0 Å². The number of benzene rings is 1. The zero-order chi connectivity index (χ0) is 14.6. The van der Waals surface area contributed by atoms with E-state index in [2.05, 4.69) is 21.6 Å². The van der Waals surface area contributed by atoms with Gasteiger partial charge in [0.15, 0.2) is 0 Å². The molecule has 1 unspecified atom stereocenters. The molecule has 0 aliphatic carbocycles. The number of nitrogens with zero attached hydrogens (tertiary/aromatic N) is 1. The predicted molar refractivity (Wildman–Crippen MR) is 77.8 cm³/mol. The van der Waals surface area contributed by atoms with Crippen molar-refractivity contribution < 1.29 is 8.42 Å². The Bertz CT molecular complexity index is 634. The van der Waals surface area contributed by atoms with Crippen LogP contribution in [0.25, 0.3) is 0 Å². The van der Waals surface area contributed by atoms with Crippen molar-refractivity contribution in [2.75, 3.05) is 0 Å². The summed E-state index contributed by atoms with van der Waals surface area (Å²) in [7, 11) is -3.53. The Labute approximate surface area is 119 Å². The molecule has 0 bridgehead atoms. The summed E-state index contributed by atoms with van der Waals surface area (Å²) in [6.07, 6.45) is 5.26. The summed E-state index contributed by atoms with van der Waals surface area (Å²) < 4.78 is 27.1. The highest BCUT2D eigenvalue weighted by molar-refractivity contribution is 7.89. The minimum Gasteiger partial charge on any atom is -0.347 e. The Morgan fingerprint density at radius 2 is 2.00 bits per heavy atom. The second-order valence-electron chi connectivity index (χ2n) is 4.71. The molecule has 0 saturated heterocycles. The van der Waals surface area contributed by atoms with Crippen molar-refractivity contribution in [1.29, 1.82) is 0 Å². The van der Waals surface area contributed by atoms with Crippen LogP contribution in [0.5, 0.6) is 0 Å². The van der Waals surface area contributed by atoms with E-state index in [1.54, 1.807) is 31.5 Å². The molecule has 20 heavy (non-hydrogen) atoms. The van der Waals surface area contributed by atoms with Crippen molar-refractivity contribution in [3.63, 3.8) is 0 Å². The summed E-state index contributed by atoms with van der Waals surface area (Å²) in [5, 5.41) is 0. The van der Waals surface area contributed by atoms with Crippen LogP contribution in [-0.4, -0.2) is 18.4 Å². The lowest BCUT2D eigenvalue weighted by molar-refractivity contribution is 0.561. The second-order valence-corrected chi connectivity index (χ2v) is 6.43. The van der Waals surface area contributed by atoms with Gasteiger partial charge in [0.05, 0.1) is 10.9 Å². The van der Waals surface area contributed by atoms with Crippen molar-refractivity contribution >= 4 is 10.0 Å². The lowest BCUT2D eigenvalue weighted by Gasteiger charge is -2.12. The Hall–Kier alpha value is -1.66. The van der Waals surface area contributed by atoms with Crippen LogP contribution in [0.1, 0.15) is 37.7 Å². The van der Waals surface area contributed by atoms with Crippen LogP contribution in [0, 0.1) is 0 Å². The largest absolute Gasteiger partial charge is 0.347 e. The molecule has 0 saturated carbocycles. The molecule has 1 atom stereocenters. The van der Waals surface area contributed by atoms with E-state index in [-0.39, 0.29) is 4.90 Å². The first-order chi connectivity index (χ1) is 9.53. The zero-order valence-corrected chi connectivity index (χ0v) is 12.4. The lowest BCUT2D eigenvalue weighted by atomic mass is 10.1. The third kappa shape index (κ3) is 3.46. The molecule has 0 radical (unpaired) electrons. The molecule has 1 heterocycles. The van der Waals surface area contributed by atoms with Crippen LogP contribution < -0.4 is 4.72 Å². The minimum atomic E-state index is -3.53. The molecule has 0 aliphatic heterocycles. The molecule has 108 valence electrons. The average Bonchev–Trinajstić information content (AvgIpc) is 2.93. The zero-order valence-electron chi connectivity index (χ0n) is 11.6. The van der Waals surface area contributed by atoms with Gasteiger partial charge in [-0.15, -0.1) is 0 Å². The van der Waals surface area contributed by atoms with E-state index in [1.165, 1.54) is 0 Å². The van der Waals surface area contributed by atoms with Crippen molar-refractivity contribution in [2.24, 2.45) is 0 Å². The van der Waals surface area contributed by atoms with E-state index >= 15 is 0 Å². The Balaban J connectivity index is 2.13. The topological polar surface area (TPSA) is 74.8 Å². The fourth-order valence-electron chi connectivity index (χ4n) is 1.99. The van der Waals surface area contributed by atoms with Gasteiger partial charge in [0.25, 0.3) is 0 Å². The number of aryl methyl sites for hydroxylation is 1. The Morgan fingerprint density at radius 1 is 1.30 bits per heavy atom. The number of imidazole rings is 1. The molecule has 1 aromatic heterocycles. The van der Waals surface area contributed by atoms with E-state index < -0.39 is 16.1 Å². The summed E-state index contributed by atoms with van der Waals surface area (Å²) in [5.74, 6) is 0.594. The van der Waals surface area contributed by atoms with Gasteiger partial charge >= 0.3 is 0 Å². The Kier molecular flexibility index (Phi) is 4.57. The SMILES string of the molecule is CCCc1ccc(S(=O)(=O)NC(C)c2ncc[nH]2)cc1.